The molecule has 0 bridgehead atoms. The molecule has 0 saturated carbocycles. The first-order valence-electron chi connectivity index (χ1n) is 7.76. The van der Waals surface area contributed by atoms with Crippen LogP contribution in [-0.4, -0.2) is 11.7 Å². The lowest BCUT2D eigenvalue weighted by molar-refractivity contribution is -0.119. The van der Waals surface area contributed by atoms with Crippen LogP contribution in [0.5, 0.6) is 0 Å². The standard InChI is InChI=1S/C19H22BrNOS/c1-3-18(16-8-4-14(2)5-9-16)21-19(22)13-23-12-15-6-10-17(20)11-7-15/h4-11,18H,3,12-13H2,1-2H3,(H,21,22). The van der Waals surface area contributed by atoms with E-state index in [1.807, 2.05) is 12.1 Å². The van der Waals surface area contributed by atoms with Crippen molar-refractivity contribution in [2.75, 3.05) is 5.75 Å². The Morgan fingerprint density at radius 1 is 1.13 bits per heavy atom. The normalized spacial score (nSPS) is 12.0. The van der Waals surface area contributed by atoms with E-state index in [0.717, 1.165) is 16.6 Å². The minimum absolute atomic E-state index is 0.0939. The van der Waals surface area contributed by atoms with Gasteiger partial charge >= 0.3 is 0 Å². The molecule has 2 rings (SSSR count). The average molecular weight is 392 g/mol. The Hall–Kier alpha value is -1.26. The molecule has 1 N–H and O–H groups in total. The van der Waals surface area contributed by atoms with Gasteiger partial charge < -0.3 is 5.32 Å². The predicted octanol–water partition coefficient (Wildman–Crippen LogP) is 5.26. The maximum atomic E-state index is 12.2. The van der Waals surface area contributed by atoms with E-state index >= 15 is 0 Å². The highest BCUT2D eigenvalue weighted by Gasteiger charge is 2.12. The van der Waals surface area contributed by atoms with Crippen LogP contribution in [0.1, 0.15) is 36.1 Å². The molecule has 0 heterocycles. The molecule has 1 amide bonds. The molecule has 122 valence electrons. The van der Waals surface area contributed by atoms with Gasteiger partial charge in [-0.25, -0.2) is 0 Å². The number of aryl methyl sites for hydroxylation is 1. The summed E-state index contributed by atoms with van der Waals surface area (Å²) in [5, 5.41) is 3.13. The zero-order valence-electron chi connectivity index (χ0n) is 13.5. The Kier molecular flexibility index (Phi) is 7.18. The Morgan fingerprint density at radius 2 is 1.78 bits per heavy atom. The number of benzene rings is 2. The second kappa shape index (κ2) is 9.14. The van der Waals surface area contributed by atoms with Gasteiger partial charge in [0.25, 0.3) is 0 Å². The summed E-state index contributed by atoms with van der Waals surface area (Å²) in [7, 11) is 0. The number of carbonyl (C=O) groups is 1. The Bertz CT molecular complexity index is 625. The number of rotatable bonds is 7. The first-order chi connectivity index (χ1) is 11.1. The largest absolute Gasteiger partial charge is 0.349 e. The van der Waals surface area contributed by atoms with Crippen LogP contribution in [0.2, 0.25) is 0 Å². The molecule has 0 aromatic heterocycles. The SMILES string of the molecule is CCC(NC(=O)CSCc1ccc(Br)cc1)c1ccc(C)cc1. The van der Waals surface area contributed by atoms with Gasteiger partial charge in [-0.2, -0.15) is 0 Å². The number of hydrogen-bond acceptors (Lipinski definition) is 2. The molecule has 2 aromatic rings. The average Bonchev–Trinajstić information content (AvgIpc) is 2.55. The number of halogens is 1. The molecular formula is C19H22BrNOS. The molecule has 1 atom stereocenters. The summed E-state index contributed by atoms with van der Waals surface area (Å²) >= 11 is 5.07. The van der Waals surface area contributed by atoms with Gasteiger partial charge in [-0.3, -0.25) is 4.79 Å². The summed E-state index contributed by atoms with van der Waals surface area (Å²) in [6, 6.07) is 16.7. The molecule has 23 heavy (non-hydrogen) atoms. The maximum Gasteiger partial charge on any atom is 0.230 e. The number of nitrogens with one attached hydrogen (secondary N) is 1. The molecule has 0 spiro atoms. The van der Waals surface area contributed by atoms with Crippen molar-refractivity contribution in [3.8, 4) is 0 Å². The fourth-order valence-electron chi connectivity index (χ4n) is 2.30. The Labute approximate surface area is 151 Å². The molecule has 2 nitrogen and oxygen atoms in total. The second-order valence-electron chi connectivity index (χ2n) is 5.56. The van der Waals surface area contributed by atoms with E-state index in [4.69, 9.17) is 0 Å². The molecule has 0 aliphatic carbocycles. The molecular weight excluding hydrogens is 370 g/mol. The first-order valence-corrected chi connectivity index (χ1v) is 9.71. The van der Waals surface area contributed by atoms with Crippen LogP contribution in [0.15, 0.2) is 53.0 Å². The molecule has 1 unspecified atom stereocenters. The van der Waals surface area contributed by atoms with E-state index in [9.17, 15) is 4.79 Å². The van der Waals surface area contributed by atoms with E-state index in [1.54, 1.807) is 11.8 Å². The smallest absolute Gasteiger partial charge is 0.230 e. The fraction of sp³-hybridized carbons (Fsp3) is 0.316. The highest BCUT2D eigenvalue weighted by atomic mass is 79.9. The zero-order valence-corrected chi connectivity index (χ0v) is 15.9. The first kappa shape index (κ1) is 18.1. The van der Waals surface area contributed by atoms with Crippen molar-refractivity contribution >= 4 is 33.6 Å². The lowest BCUT2D eigenvalue weighted by atomic mass is 10.0. The van der Waals surface area contributed by atoms with E-state index in [-0.39, 0.29) is 11.9 Å². The lowest BCUT2D eigenvalue weighted by Gasteiger charge is -2.17. The Balaban J connectivity index is 1.80. The summed E-state index contributed by atoms with van der Waals surface area (Å²) in [5.74, 6) is 1.43. The van der Waals surface area contributed by atoms with E-state index < -0.39 is 0 Å². The van der Waals surface area contributed by atoms with Gasteiger partial charge in [-0.1, -0.05) is 64.8 Å². The molecule has 0 aliphatic heterocycles. The number of thioether (sulfide) groups is 1. The zero-order chi connectivity index (χ0) is 16.7. The van der Waals surface area contributed by atoms with Gasteiger partial charge in [0, 0.05) is 10.2 Å². The molecule has 2 aromatic carbocycles. The van der Waals surface area contributed by atoms with Crippen LogP contribution < -0.4 is 5.32 Å². The minimum atomic E-state index is 0.0939. The molecule has 0 radical (unpaired) electrons. The molecule has 0 aliphatic rings. The molecule has 0 fully saturated rings. The van der Waals surface area contributed by atoms with Gasteiger partial charge in [-0.05, 0) is 36.6 Å². The summed E-state index contributed by atoms with van der Waals surface area (Å²) in [5.41, 5.74) is 3.64. The van der Waals surface area contributed by atoms with Crippen molar-refractivity contribution in [1.29, 1.82) is 0 Å². The van der Waals surface area contributed by atoms with Crippen molar-refractivity contribution in [2.24, 2.45) is 0 Å². The summed E-state index contributed by atoms with van der Waals surface area (Å²) in [6.45, 7) is 4.17. The van der Waals surface area contributed by atoms with Crippen molar-refractivity contribution in [3.05, 3.63) is 69.7 Å². The van der Waals surface area contributed by atoms with E-state index in [2.05, 4.69) is 71.5 Å². The third-order valence-corrected chi connectivity index (χ3v) is 5.17. The van der Waals surface area contributed by atoms with Gasteiger partial charge in [-0.15, -0.1) is 11.8 Å². The maximum absolute atomic E-state index is 12.2. The van der Waals surface area contributed by atoms with E-state index in [1.165, 1.54) is 16.7 Å². The van der Waals surface area contributed by atoms with Crippen LogP contribution >= 0.6 is 27.7 Å². The highest BCUT2D eigenvalue weighted by molar-refractivity contribution is 9.10. The van der Waals surface area contributed by atoms with Crippen LogP contribution in [0.25, 0.3) is 0 Å². The van der Waals surface area contributed by atoms with Crippen LogP contribution in [0.4, 0.5) is 0 Å². The fourth-order valence-corrected chi connectivity index (χ4v) is 3.36. The second-order valence-corrected chi connectivity index (χ2v) is 7.46. The highest BCUT2D eigenvalue weighted by Crippen LogP contribution is 2.19. The predicted molar refractivity (Wildman–Crippen MR) is 103 cm³/mol. The number of carbonyl (C=O) groups excluding carboxylic acids is 1. The van der Waals surface area contributed by atoms with Crippen molar-refractivity contribution in [1.82, 2.24) is 5.32 Å². The molecule has 0 saturated heterocycles. The van der Waals surface area contributed by atoms with Crippen molar-refractivity contribution in [3.63, 3.8) is 0 Å². The lowest BCUT2D eigenvalue weighted by Crippen LogP contribution is -2.29. The quantitative estimate of drug-likeness (QED) is 0.697. The van der Waals surface area contributed by atoms with Gasteiger partial charge in [0.2, 0.25) is 5.91 Å². The van der Waals surface area contributed by atoms with E-state index in [0.29, 0.717) is 5.75 Å². The van der Waals surface area contributed by atoms with Crippen LogP contribution in [0.3, 0.4) is 0 Å². The van der Waals surface area contributed by atoms with Crippen LogP contribution in [-0.2, 0) is 10.5 Å². The Morgan fingerprint density at radius 3 is 2.39 bits per heavy atom. The van der Waals surface area contributed by atoms with Gasteiger partial charge in [0.15, 0.2) is 0 Å². The molecule has 4 heteroatoms. The number of amides is 1. The third kappa shape index (κ3) is 6.04. The third-order valence-electron chi connectivity index (χ3n) is 3.64. The van der Waals surface area contributed by atoms with Gasteiger partial charge in [0.05, 0.1) is 11.8 Å². The van der Waals surface area contributed by atoms with Crippen LogP contribution in [0, 0.1) is 6.92 Å². The van der Waals surface area contributed by atoms with Gasteiger partial charge in [0.1, 0.15) is 0 Å². The minimum Gasteiger partial charge on any atom is -0.349 e. The monoisotopic (exact) mass is 391 g/mol. The van der Waals surface area contributed by atoms with Crippen molar-refractivity contribution in [2.45, 2.75) is 32.1 Å². The summed E-state index contributed by atoms with van der Waals surface area (Å²) in [4.78, 5) is 12.2. The summed E-state index contributed by atoms with van der Waals surface area (Å²) in [6.07, 6.45) is 0.895. The number of hydrogen-bond donors (Lipinski definition) is 1. The summed E-state index contributed by atoms with van der Waals surface area (Å²) < 4.78 is 1.08. The topological polar surface area (TPSA) is 29.1 Å². The van der Waals surface area contributed by atoms with Crippen molar-refractivity contribution < 1.29 is 4.79 Å².